The molecule has 3 rings (SSSR count). The molecule has 1 atom stereocenters. The van der Waals surface area contributed by atoms with Crippen LogP contribution in [0.3, 0.4) is 0 Å². The Bertz CT molecular complexity index is 695. The highest BCUT2D eigenvalue weighted by atomic mass is 32.1. The van der Waals surface area contributed by atoms with E-state index in [1.807, 2.05) is 4.90 Å². The summed E-state index contributed by atoms with van der Waals surface area (Å²) in [6.45, 7) is 5.54. The van der Waals surface area contributed by atoms with Gasteiger partial charge in [0.25, 0.3) is 5.91 Å². The monoisotopic (exact) mass is 306 g/mol. The molecule has 0 saturated carbocycles. The molecule has 21 heavy (non-hydrogen) atoms. The first-order valence-corrected chi connectivity index (χ1v) is 7.92. The topological polar surface area (TPSA) is 46.3 Å². The second-order valence-electron chi connectivity index (χ2n) is 6.40. The van der Waals surface area contributed by atoms with Gasteiger partial charge in [-0.2, -0.15) is 0 Å². The van der Waals surface area contributed by atoms with Crippen LogP contribution in [0.1, 0.15) is 29.9 Å². The number of fused-ring (bicyclic) bond motifs is 1. The average Bonchev–Trinajstić information content (AvgIpc) is 2.83. The molecule has 0 bridgehead atoms. The summed E-state index contributed by atoms with van der Waals surface area (Å²) < 4.78 is 14.2. The third kappa shape index (κ3) is 2.68. The third-order valence-electron chi connectivity index (χ3n) is 4.29. The van der Waals surface area contributed by atoms with Crippen molar-refractivity contribution < 1.29 is 9.18 Å². The number of halogens is 1. The molecule has 3 nitrogen and oxygen atoms in total. The fourth-order valence-corrected chi connectivity index (χ4v) is 3.83. The minimum absolute atomic E-state index is 0.0246. The number of carbonyl (C=O) groups excluding carboxylic acids is 1. The molecule has 1 amide bonds. The van der Waals surface area contributed by atoms with Crippen LogP contribution in [0.2, 0.25) is 0 Å². The Labute approximate surface area is 127 Å². The lowest BCUT2D eigenvalue weighted by atomic mass is 9.79. The van der Waals surface area contributed by atoms with Gasteiger partial charge in [-0.05, 0) is 41.5 Å². The molecule has 2 heterocycles. The molecule has 1 aromatic heterocycles. The minimum atomic E-state index is -0.274. The van der Waals surface area contributed by atoms with E-state index in [0.717, 1.165) is 16.5 Å². The Kier molecular flexibility index (Phi) is 3.50. The number of amides is 1. The first-order chi connectivity index (χ1) is 9.87. The van der Waals surface area contributed by atoms with Crippen molar-refractivity contribution in [3.05, 3.63) is 35.0 Å². The van der Waals surface area contributed by atoms with E-state index in [0.29, 0.717) is 18.0 Å². The van der Waals surface area contributed by atoms with Crippen molar-refractivity contribution in [2.45, 2.75) is 26.3 Å². The molecule has 0 spiro atoms. The molecule has 112 valence electrons. The van der Waals surface area contributed by atoms with Crippen molar-refractivity contribution in [1.82, 2.24) is 4.90 Å². The van der Waals surface area contributed by atoms with E-state index in [4.69, 9.17) is 5.73 Å². The maximum atomic E-state index is 13.2. The van der Waals surface area contributed by atoms with Crippen molar-refractivity contribution in [3.63, 3.8) is 0 Å². The molecular formula is C16H19FN2OS. The highest BCUT2D eigenvalue weighted by molar-refractivity contribution is 7.20. The van der Waals surface area contributed by atoms with E-state index in [1.54, 1.807) is 12.1 Å². The van der Waals surface area contributed by atoms with Crippen molar-refractivity contribution in [1.29, 1.82) is 0 Å². The van der Waals surface area contributed by atoms with Crippen LogP contribution in [0.5, 0.6) is 0 Å². The van der Waals surface area contributed by atoms with E-state index >= 15 is 0 Å². The lowest BCUT2D eigenvalue weighted by molar-refractivity contribution is 0.0537. The zero-order chi connectivity index (χ0) is 15.2. The van der Waals surface area contributed by atoms with Gasteiger partial charge < -0.3 is 10.6 Å². The van der Waals surface area contributed by atoms with Crippen LogP contribution in [0, 0.1) is 11.2 Å². The first kappa shape index (κ1) is 14.5. The normalized spacial score (nSPS) is 21.7. The highest BCUT2D eigenvalue weighted by Gasteiger charge is 2.35. The van der Waals surface area contributed by atoms with Gasteiger partial charge in [-0.25, -0.2) is 4.39 Å². The summed E-state index contributed by atoms with van der Waals surface area (Å²) >= 11 is 1.42. The van der Waals surface area contributed by atoms with Crippen LogP contribution in [0.15, 0.2) is 24.3 Å². The van der Waals surface area contributed by atoms with Gasteiger partial charge in [0.05, 0.1) is 4.88 Å². The Morgan fingerprint density at radius 2 is 2.19 bits per heavy atom. The summed E-state index contributed by atoms with van der Waals surface area (Å²) in [6, 6.07) is 6.53. The van der Waals surface area contributed by atoms with Gasteiger partial charge in [0.1, 0.15) is 5.82 Å². The Hall–Kier alpha value is -1.46. The zero-order valence-electron chi connectivity index (χ0n) is 12.2. The summed E-state index contributed by atoms with van der Waals surface area (Å²) in [4.78, 5) is 15.2. The molecule has 2 N–H and O–H groups in total. The van der Waals surface area contributed by atoms with E-state index in [9.17, 15) is 9.18 Å². The molecule has 1 aliphatic rings. The fraction of sp³-hybridized carbons (Fsp3) is 0.438. The molecule has 2 aromatic rings. The van der Waals surface area contributed by atoms with E-state index < -0.39 is 0 Å². The number of piperidine rings is 1. The van der Waals surface area contributed by atoms with Crippen LogP contribution in [-0.4, -0.2) is 29.9 Å². The fourth-order valence-electron chi connectivity index (χ4n) is 2.82. The summed E-state index contributed by atoms with van der Waals surface area (Å²) in [5, 5.41) is 0.788. The second-order valence-corrected chi connectivity index (χ2v) is 7.49. The molecule has 5 heteroatoms. The van der Waals surface area contributed by atoms with Crippen LogP contribution in [-0.2, 0) is 0 Å². The Morgan fingerprint density at radius 3 is 2.90 bits per heavy atom. The Morgan fingerprint density at radius 1 is 1.43 bits per heavy atom. The summed E-state index contributed by atoms with van der Waals surface area (Å²) in [5.74, 6) is -0.249. The van der Waals surface area contributed by atoms with Crippen molar-refractivity contribution in [2.24, 2.45) is 11.1 Å². The van der Waals surface area contributed by atoms with Crippen LogP contribution < -0.4 is 5.73 Å². The van der Waals surface area contributed by atoms with Crippen LogP contribution >= 0.6 is 11.3 Å². The summed E-state index contributed by atoms with van der Waals surface area (Å²) in [6.07, 6.45) is 0.818. The standard InChI is InChI=1S/C16H19FN2OS/c1-16(2)9-19(6-5-14(16)18)15(20)13-8-10-7-11(17)3-4-12(10)21-13/h3-4,7-8,14H,5-6,9,18H2,1-2H3. The number of hydrogen-bond donors (Lipinski definition) is 1. The van der Waals surface area contributed by atoms with Crippen LogP contribution in [0.4, 0.5) is 4.39 Å². The summed E-state index contributed by atoms with van der Waals surface area (Å²) in [5.41, 5.74) is 6.04. The van der Waals surface area contributed by atoms with Gasteiger partial charge in [-0.1, -0.05) is 13.8 Å². The zero-order valence-corrected chi connectivity index (χ0v) is 13.0. The number of nitrogens with zero attached hydrogens (tertiary/aromatic N) is 1. The van der Waals surface area contributed by atoms with E-state index in [2.05, 4.69) is 13.8 Å². The van der Waals surface area contributed by atoms with Crippen LogP contribution in [0.25, 0.3) is 10.1 Å². The quantitative estimate of drug-likeness (QED) is 0.879. The molecule has 0 aliphatic carbocycles. The van der Waals surface area contributed by atoms with Gasteiger partial charge in [0, 0.05) is 23.8 Å². The number of hydrogen-bond acceptors (Lipinski definition) is 3. The maximum absolute atomic E-state index is 13.2. The SMILES string of the molecule is CC1(C)CN(C(=O)c2cc3cc(F)ccc3s2)CCC1N. The third-order valence-corrected chi connectivity index (χ3v) is 5.39. The van der Waals surface area contributed by atoms with Crippen molar-refractivity contribution in [3.8, 4) is 0 Å². The Balaban J connectivity index is 1.87. The van der Waals surface area contributed by atoms with Gasteiger partial charge in [-0.3, -0.25) is 4.79 Å². The maximum Gasteiger partial charge on any atom is 0.263 e. The van der Waals surface area contributed by atoms with Gasteiger partial charge >= 0.3 is 0 Å². The number of likely N-dealkylation sites (tertiary alicyclic amines) is 1. The number of rotatable bonds is 1. The van der Waals surface area contributed by atoms with Crippen molar-refractivity contribution in [2.75, 3.05) is 13.1 Å². The predicted molar refractivity (Wildman–Crippen MR) is 84.1 cm³/mol. The second kappa shape index (κ2) is 5.07. The summed E-state index contributed by atoms with van der Waals surface area (Å²) in [7, 11) is 0. The minimum Gasteiger partial charge on any atom is -0.337 e. The molecule has 1 aromatic carbocycles. The molecule has 0 radical (unpaired) electrons. The van der Waals surface area contributed by atoms with Crippen molar-refractivity contribution >= 4 is 27.3 Å². The first-order valence-electron chi connectivity index (χ1n) is 7.11. The van der Waals surface area contributed by atoms with Gasteiger partial charge in [0.2, 0.25) is 0 Å². The van der Waals surface area contributed by atoms with Gasteiger partial charge in [0.15, 0.2) is 0 Å². The number of nitrogens with two attached hydrogens (primary N) is 1. The lowest BCUT2D eigenvalue weighted by Gasteiger charge is -2.42. The molecule has 1 aliphatic heterocycles. The van der Waals surface area contributed by atoms with Gasteiger partial charge in [-0.15, -0.1) is 11.3 Å². The molecule has 1 saturated heterocycles. The van der Waals surface area contributed by atoms with E-state index in [-0.39, 0.29) is 23.2 Å². The number of thiophene rings is 1. The largest absolute Gasteiger partial charge is 0.337 e. The smallest absolute Gasteiger partial charge is 0.263 e. The highest BCUT2D eigenvalue weighted by Crippen LogP contribution is 2.31. The molecule has 1 fully saturated rings. The number of benzene rings is 1. The lowest BCUT2D eigenvalue weighted by Crippen LogP contribution is -2.53. The van der Waals surface area contributed by atoms with E-state index in [1.165, 1.54) is 23.5 Å². The number of carbonyl (C=O) groups is 1. The molecular weight excluding hydrogens is 287 g/mol. The average molecular weight is 306 g/mol. The predicted octanol–water partition coefficient (Wildman–Crippen LogP) is 3.24. The molecule has 1 unspecified atom stereocenters.